The Hall–Kier alpha value is -2.16. The maximum atomic E-state index is 5.69. The van der Waals surface area contributed by atoms with Crippen LogP contribution >= 0.6 is 0 Å². The van der Waals surface area contributed by atoms with Crippen molar-refractivity contribution in [2.45, 2.75) is 19.4 Å². The van der Waals surface area contributed by atoms with Crippen LogP contribution in [0.3, 0.4) is 0 Å². The lowest BCUT2D eigenvalue weighted by Gasteiger charge is -2.27. The average molecular weight is 269 g/mol. The van der Waals surface area contributed by atoms with E-state index in [1.807, 2.05) is 18.2 Å². The Morgan fingerprint density at radius 1 is 1.20 bits per heavy atom. The van der Waals surface area contributed by atoms with E-state index in [9.17, 15) is 0 Å². The quantitative estimate of drug-likeness (QED) is 0.915. The molecule has 3 heteroatoms. The number of rotatable bonds is 3. The first-order valence-corrected chi connectivity index (χ1v) is 6.91. The number of methoxy groups -OCH3 is 1. The monoisotopic (exact) mass is 269 g/mol. The molecule has 0 aromatic heterocycles. The second-order valence-corrected chi connectivity index (χ2v) is 5.06. The van der Waals surface area contributed by atoms with Crippen molar-refractivity contribution in [1.82, 2.24) is 0 Å². The molecule has 3 nitrogen and oxygen atoms in total. The second-order valence-electron chi connectivity index (χ2n) is 5.06. The molecule has 1 aliphatic rings. The lowest BCUT2D eigenvalue weighted by Crippen LogP contribution is -2.20. The van der Waals surface area contributed by atoms with E-state index < -0.39 is 0 Å². The fraction of sp³-hybridized carbons (Fsp3) is 0.294. The first-order valence-electron chi connectivity index (χ1n) is 6.91. The predicted molar refractivity (Wildman–Crippen MR) is 80.6 cm³/mol. The smallest absolute Gasteiger partial charge is 0.124 e. The summed E-state index contributed by atoms with van der Waals surface area (Å²) in [6.45, 7) is 2.81. The van der Waals surface area contributed by atoms with Gasteiger partial charge in [0, 0.05) is 17.7 Å². The van der Waals surface area contributed by atoms with Crippen LogP contribution in [0.15, 0.2) is 42.5 Å². The molecule has 2 aromatic rings. The molecule has 104 valence electrons. The minimum absolute atomic E-state index is 0.299. The van der Waals surface area contributed by atoms with Crippen molar-refractivity contribution in [2.75, 3.05) is 19.0 Å². The molecule has 0 aliphatic carbocycles. The summed E-state index contributed by atoms with van der Waals surface area (Å²) in [5.74, 6) is 1.91. The van der Waals surface area contributed by atoms with Crippen molar-refractivity contribution in [2.24, 2.45) is 0 Å². The standard InChI is InChI=1S/C17H19NO2/c1-12-11-13(7-8-16(12)19-2)18-15-9-10-20-17-6-4-3-5-14(15)17/h3-8,11,15,18H,9-10H2,1-2H3. The highest BCUT2D eigenvalue weighted by atomic mass is 16.5. The zero-order chi connectivity index (χ0) is 13.9. The van der Waals surface area contributed by atoms with Gasteiger partial charge in [0.1, 0.15) is 11.5 Å². The van der Waals surface area contributed by atoms with Gasteiger partial charge in [-0.15, -0.1) is 0 Å². The Labute approximate surface area is 119 Å². The topological polar surface area (TPSA) is 30.5 Å². The second kappa shape index (κ2) is 5.45. The fourth-order valence-corrected chi connectivity index (χ4v) is 2.66. The van der Waals surface area contributed by atoms with Gasteiger partial charge >= 0.3 is 0 Å². The van der Waals surface area contributed by atoms with Gasteiger partial charge < -0.3 is 14.8 Å². The van der Waals surface area contributed by atoms with Gasteiger partial charge in [0.25, 0.3) is 0 Å². The summed E-state index contributed by atoms with van der Waals surface area (Å²) in [5, 5.41) is 3.59. The molecule has 0 amide bonds. The molecular weight excluding hydrogens is 250 g/mol. The van der Waals surface area contributed by atoms with Gasteiger partial charge in [-0.05, 0) is 36.8 Å². The van der Waals surface area contributed by atoms with Gasteiger partial charge in [0.15, 0.2) is 0 Å². The summed E-state index contributed by atoms with van der Waals surface area (Å²) in [6, 6.07) is 14.7. The van der Waals surface area contributed by atoms with Gasteiger partial charge in [0.05, 0.1) is 19.8 Å². The van der Waals surface area contributed by atoms with E-state index in [1.165, 1.54) is 5.56 Å². The highest BCUT2D eigenvalue weighted by molar-refractivity contribution is 5.53. The van der Waals surface area contributed by atoms with Crippen LogP contribution in [-0.2, 0) is 0 Å². The SMILES string of the molecule is COc1ccc(NC2CCOc3ccccc32)cc1C. The normalized spacial score (nSPS) is 17.0. The van der Waals surface area contributed by atoms with E-state index in [0.717, 1.165) is 35.8 Å². The maximum Gasteiger partial charge on any atom is 0.124 e. The van der Waals surface area contributed by atoms with Crippen LogP contribution in [0.5, 0.6) is 11.5 Å². The minimum atomic E-state index is 0.299. The number of aryl methyl sites for hydroxylation is 1. The number of para-hydroxylation sites is 1. The molecule has 3 rings (SSSR count). The van der Waals surface area contributed by atoms with Crippen LogP contribution in [-0.4, -0.2) is 13.7 Å². The van der Waals surface area contributed by atoms with Gasteiger partial charge in [0.2, 0.25) is 0 Å². The Morgan fingerprint density at radius 3 is 2.85 bits per heavy atom. The molecule has 2 aromatic carbocycles. The van der Waals surface area contributed by atoms with E-state index >= 15 is 0 Å². The highest BCUT2D eigenvalue weighted by Crippen LogP contribution is 2.34. The molecule has 1 N–H and O–H groups in total. The minimum Gasteiger partial charge on any atom is -0.496 e. The first kappa shape index (κ1) is 12.9. The lowest BCUT2D eigenvalue weighted by atomic mass is 10.00. The summed E-state index contributed by atoms with van der Waals surface area (Å²) in [5.41, 5.74) is 3.48. The summed E-state index contributed by atoms with van der Waals surface area (Å²) < 4.78 is 11.0. The average Bonchev–Trinajstić information content (AvgIpc) is 2.48. The molecule has 0 bridgehead atoms. The molecule has 1 aliphatic heterocycles. The van der Waals surface area contributed by atoms with Crippen LogP contribution in [0, 0.1) is 6.92 Å². The van der Waals surface area contributed by atoms with Gasteiger partial charge in [-0.2, -0.15) is 0 Å². The molecule has 1 heterocycles. The van der Waals surface area contributed by atoms with E-state index in [4.69, 9.17) is 9.47 Å². The highest BCUT2D eigenvalue weighted by Gasteiger charge is 2.20. The summed E-state index contributed by atoms with van der Waals surface area (Å²) in [6.07, 6.45) is 0.974. The van der Waals surface area contributed by atoms with Crippen molar-refractivity contribution >= 4 is 5.69 Å². The van der Waals surface area contributed by atoms with Crippen molar-refractivity contribution in [3.63, 3.8) is 0 Å². The van der Waals surface area contributed by atoms with Crippen LogP contribution < -0.4 is 14.8 Å². The van der Waals surface area contributed by atoms with Crippen LogP contribution in [0.2, 0.25) is 0 Å². The maximum absolute atomic E-state index is 5.69. The third-order valence-electron chi connectivity index (χ3n) is 3.69. The van der Waals surface area contributed by atoms with Crippen molar-refractivity contribution < 1.29 is 9.47 Å². The summed E-state index contributed by atoms with van der Waals surface area (Å²) >= 11 is 0. The van der Waals surface area contributed by atoms with Crippen LogP contribution in [0.1, 0.15) is 23.6 Å². The van der Waals surface area contributed by atoms with Crippen LogP contribution in [0.4, 0.5) is 5.69 Å². The number of anilines is 1. The summed E-state index contributed by atoms with van der Waals surface area (Å²) in [7, 11) is 1.70. The van der Waals surface area contributed by atoms with E-state index in [2.05, 4.69) is 36.5 Å². The Bertz CT molecular complexity index is 610. The zero-order valence-corrected chi connectivity index (χ0v) is 11.8. The summed E-state index contributed by atoms with van der Waals surface area (Å²) in [4.78, 5) is 0. The number of hydrogen-bond donors (Lipinski definition) is 1. The largest absolute Gasteiger partial charge is 0.496 e. The van der Waals surface area contributed by atoms with E-state index in [-0.39, 0.29) is 0 Å². The zero-order valence-electron chi connectivity index (χ0n) is 11.8. The molecule has 0 radical (unpaired) electrons. The molecular formula is C17H19NO2. The van der Waals surface area contributed by atoms with E-state index in [1.54, 1.807) is 7.11 Å². The fourth-order valence-electron chi connectivity index (χ4n) is 2.66. The number of benzene rings is 2. The van der Waals surface area contributed by atoms with Gasteiger partial charge in [-0.25, -0.2) is 0 Å². The van der Waals surface area contributed by atoms with E-state index in [0.29, 0.717) is 6.04 Å². The van der Waals surface area contributed by atoms with Crippen molar-refractivity contribution in [3.05, 3.63) is 53.6 Å². The number of fused-ring (bicyclic) bond motifs is 1. The first-order chi connectivity index (χ1) is 9.78. The molecule has 0 saturated heterocycles. The molecule has 0 saturated carbocycles. The van der Waals surface area contributed by atoms with Gasteiger partial charge in [-0.3, -0.25) is 0 Å². The third kappa shape index (κ3) is 2.44. The molecule has 0 spiro atoms. The Kier molecular flexibility index (Phi) is 3.50. The van der Waals surface area contributed by atoms with Gasteiger partial charge in [-0.1, -0.05) is 18.2 Å². The Morgan fingerprint density at radius 2 is 2.05 bits per heavy atom. The third-order valence-corrected chi connectivity index (χ3v) is 3.69. The van der Waals surface area contributed by atoms with Crippen LogP contribution in [0.25, 0.3) is 0 Å². The molecule has 1 unspecified atom stereocenters. The Balaban J connectivity index is 1.84. The van der Waals surface area contributed by atoms with Crippen molar-refractivity contribution in [1.29, 1.82) is 0 Å². The number of hydrogen-bond acceptors (Lipinski definition) is 3. The number of nitrogens with one attached hydrogen (secondary N) is 1. The van der Waals surface area contributed by atoms with Crippen molar-refractivity contribution in [3.8, 4) is 11.5 Å². The molecule has 1 atom stereocenters. The molecule has 20 heavy (non-hydrogen) atoms. The predicted octanol–water partition coefficient (Wildman–Crippen LogP) is 3.94. The number of ether oxygens (including phenoxy) is 2. The molecule has 0 fully saturated rings. The lowest BCUT2D eigenvalue weighted by molar-refractivity contribution is 0.274.